The van der Waals surface area contributed by atoms with E-state index in [-0.39, 0.29) is 35.0 Å². The van der Waals surface area contributed by atoms with Gasteiger partial charge in [0, 0.05) is 12.7 Å². The maximum atomic E-state index is 13.0. The van der Waals surface area contributed by atoms with E-state index in [1.807, 2.05) is 26.0 Å². The predicted octanol–water partition coefficient (Wildman–Crippen LogP) is 3.12. The molecule has 1 atom stereocenters. The van der Waals surface area contributed by atoms with E-state index in [0.29, 0.717) is 12.5 Å². The molecule has 1 unspecified atom stereocenters. The molecule has 0 radical (unpaired) electrons. The maximum Gasteiger partial charge on any atom is 0.256 e. The van der Waals surface area contributed by atoms with Crippen LogP contribution < -0.4 is 5.32 Å². The summed E-state index contributed by atoms with van der Waals surface area (Å²) in [7, 11) is -3.54. The zero-order valence-electron chi connectivity index (χ0n) is 16.7. The minimum atomic E-state index is -3.54. The second kappa shape index (κ2) is 7.91. The molecule has 1 aromatic carbocycles. The standard InChI is InChI=1S/C21H27N3O3S/c1-14(2)16-7-9-17(10-8-16)19(15(3)4)22-21(25)18-6-5-11-24-12-13-28(26,27)23-20(18)24/h5-11,14-15,19H,12-13H2,1-4H3,(H,22,25). The molecular weight excluding hydrogens is 374 g/mol. The number of carbonyl (C=O) groups is 1. The van der Waals surface area contributed by atoms with Crippen LogP contribution in [0.2, 0.25) is 0 Å². The molecule has 2 aliphatic rings. The summed E-state index contributed by atoms with van der Waals surface area (Å²) >= 11 is 0. The number of carbonyl (C=O) groups excluding carboxylic acids is 1. The molecule has 150 valence electrons. The summed E-state index contributed by atoms with van der Waals surface area (Å²) in [6, 6.07) is 8.08. The fraction of sp³-hybridized carbons (Fsp3) is 0.429. The first-order chi connectivity index (χ1) is 13.2. The van der Waals surface area contributed by atoms with Crippen LogP contribution in [0.3, 0.4) is 0 Å². The summed E-state index contributed by atoms with van der Waals surface area (Å²) in [5.41, 5.74) is 2.54. The fourth-order valence-electron chi connectivity index (χ4n) is 3.34. The molecule has 2 heterocycles. The largest absolute Gasteiger partial charge is 0.345 e. The van der Waals surface area contributed by atoms with Crippen molar-refractivity contribution in [2.45, 2.75) is 39.7 Å². The van der Waals surface area contributed by atoms with E-state index in [2.05, 4.69) is 35.7 Å². The van der Waals surface area contributed by atoms with Gasteiger partial charge in [-0.15, -0.1) is 4.40 Å². The van der Waals surface area contributed by atoms with Crippen molar-refractivity contribution >= 4 is 21.8 Å². The first-order valence-corrected chi connectivity index (χ1v) is 11.2. The highest BCUT2D eigenvalue weighted by molar-refractivity contribution is 7.90. The molecule has 1 amide bonds. The quantitative estimate of drug-likeness (QED) is 0.822. The second-order valence-corrected chi connectivity index (χ2v) is 9.59. The molecule has 28 heavy (non-hydrogen) atoms. The molecule has 0 saturated carbocycles. The van der Waals surface area contributed by atoms with Crippen LogP contribution in [0.15, 0.2) is 52.6 Å². The van der Waals surface area contributed by atoms with Crippen molar-refractivity contribution in [2.75, 3.05) is 12.3 Å². The van der Waals surface area contributed by atoms with Crippen LogP contribution in [0.4, 0.5) is 0 Å². The Kier molecular flexibility index (Phi) is 5.74. The third kappa shape index (κ3) is 4.35. The van der Waals surface area contributed by atoms with Gasteiger partial charge in [-0.3, -0.25) is 4.79 Å². The topological polar surface area (TPSA) is 78.8 Å². The Morgan fingerprint density at radius 3 is 2.36 bits per heavy atom. The minimum Gasteiger partial charge on any atom is -0.345 e. The van der Waals surface area contributed by atoms with Gasteiger partial charge in [0.2, 0.25) is 0 Å². The van der Waals surface area contributed by atoms with E-state index in [1.165, 1.54) is 5.56 Å². The van der Waals surface area contributed by atoms with Gasteiger partial charge in [-0.25, -0.2) is 8.42 Å². The molecule has 2 aliphatic heterocycles. The van der Waals surface area contributed by atoms with Gasteiger partial charge in [-0.2, -0.15) is 0 Å². The van der Waals surface area contributed by atoms with Crippen LogP contribution in [-0.4, -0.2) is 37.4 Å². The molecule has 1 aromatic rings. The summed E-state index contributed by atoms with van der Waals surface area (Å²) in [6.45, 7) is 8.68. The lowest BCUT2D eigenvalue weighted by molar-refractivity contribution is -0.118. The molecule has 0 fully saturated rings. The number of sulfonamides is 1. The predicted molar refractivity (Wildman–Crippen MR) is 111 cm³/mol. The molecule has 7 heteroatoms. The van der Waals surface area contributed by atoms with E-state index in [0.717, 1.165) is 5.56 Å². The number of amides is 1. The minimum absolute atomic E-state index is 0.0490. The van der Waals surface area contributed by atoms with Crippen molar-refractivity contribution in [3.8, 4) is 0 Å². The van der Waals surface area contributed by atoms with E-state index in [9.17, 15) is 13.2 Å². The number of benzene rings is 1. The number of fused-ring (bicyclic) bond motifs is 1. The molecule has 0 aliphatic carbocycles. The summed E-state index contributed by atoms with van der Waals surface area (Å²) in [6.07, 6.45) is 5.10. The van der Waals surface area contributed by atoms with E-state index in [4.69, 9.17) is 0 Å². The Morgan fingerprint density at radius 1 is 1.11 bits per heavy atom. The number of nitrogens with one attached hydrogen (secondary N) is 1. The summed E-state index contributed by atoms with van der Waals surface area (Å²) in [5, 5.41) is 3.07. The Bertz CT molecular complexity index is 942. The van der Waals surface area contributed by atoms with E-state index in [1.54, 1.807) is 23.3 Å². The molecule has 1 N–H and O–H groups in total. The average Bonchev–Trinajstić information content (AvgIpc) is 2.64. The van der Waals surface area contributed by atoms with E-state index >= 15 is 0 Å². The Hall–Kier alpha value is -2.41. The molecular formula is C21H27N3O3S. The Labute approximate surface area is 167 Å². The zero-order chi connectivity index (χ0) is 20.5. The molecule has 3 rings (SSSR count). The lowest BCUT2D eigenvalue weighted by atomic mass is 9.93. The summed E-state index contributed by atoms with van der Waals surface area (Å²) in [5.74, 6) is 0.437. The van der Waals surface area contributed by atoms with Crippen molar-refractivity contribution in [3.63, 3.8) is 0 Å². The zero-order valence-corrected chi connectivity index (χ0v) is 17.5. The van der Waals surface area contributed by atoms with Crippen LogP contribution in [0.25, 0.3) is 0 Å². The lowest BCUT2D eigenvalue weighted by Crippen LogP contribution is -2.43. The fourth-order valence-corrected chi connectivity index (χ4v) is 4.32. The van der Waals surface area contributed by atoms with Crippen LogP contribution >= 0.6 is 0 Å². The normalized spacial score (nSPS) is 19.1. The molecule has 0 bridgehead atoms. The number of nitrogens with zero attached hydrogens (tertiary/aromatic N) is 2. The molecule has 0 saturated heterocycles. The highest BCUT2D eigenvalue weighted by atomic mass is 32.2. The van der Waals surface area contributed by atoms with Crippen LogP contribution in [0, 0.1) is 5.92 Å². The summed E-state index contributed by atoms with van der Waals surface area (Å²) < 4.78 is 27.7. The van der Waals surface area contributed by atoms with Gasteiger partial charge >= 0.3 is 0 Å². The number of hydrogen-bond donors (Lipinski definition) is 1. The third-order valence-corrected chi connectivity index (χ3v) is 6.17. The lowest BCUT2D eigenvalue weighted by Gasteiger charge is -2.30. The number of amidine groups is 1. The number of rotatable bonds is 5. The van der Waals surface area contributed by atoms with Crippen molar-refractivity contribution in [2.24, 2.45) is 10.3 Å². The number of hydrogen-bond acceptors (Lipinski definition) is 4. The average molecular weight is 402 g/mol. The molecule has 0 spiro atoms. The highest BCUT2D eigenvalue weighted by Crippen LogP contribution is 2.25. The van der Waals surface area contributed by atoms with Gasteiger partial charge in [0.15, 0.2) is 5.84 Å². The van der Waals surface area contributed by atoms with Crippen molar-refractivity contribution in [3.05, 3.63) is 59.3 Å². The SMILES string of the molecule is CC(C)c1ccc(C(NC(=O)C2=CC=CN3CCS(=O)(=O)N=C23)C(C)C)cc1. The third-order valence-electron chi connectivity index (χ3n) is 5.02. The van der Waals surface area contributed by atoms with Crippen LogP contribution in [-0.2, 0) is 14.8 Å². The monoisotopic (exact) mass is 401 g/mol. The first kappa shape index (κ1) is 20.3. The Morgan fingerprint density at radius 2 is 1.75 bits per heavy atom. The molecule has 6 nitrogen and oxygen atoms in total. The van der Waals surface area contributed by atoms with Gasteiger partial charge in [0.1, 0.15) is 0 Å². The van der Waals surface area contributed by atoms with Crippen molar-refractivity contribution < 1.29 is 13.2 Å². The second-order valence-electron chi connectivity index (χ2n) is 7.83. The van der Waals surface area contributed by atoms with Gasteiger partial charge < -0.3 is 10.2 Å². The van der Waals surface area contributed by atoms with Crippen LogP contribution in [0.5, 0.6) is 0 Å². The smallest absolute Gasteiger partial charge is 0.256 e. The van der Waals surface area contributed by atoms with Gasteiger partial charge in [-0.1, -0.05) is 52.0 Å². The first-order valence-electron chi connectivity index (χ1n) is 9.57. The maximum absolute atomic E-state index is 13.0. The number of allylic oxidation sites excluding steroid dienone is 2. The Balaban J connectivity index is 1.85. The molecule has 0 aromatic heterocycles. The highest BCUT2D eigenvalue weighted by Gasteiger charge is 2.31. The van der Waals surface area contributed by atoms with Crippen LogP contribution in [0.1, 0.15) is 50.8 Å². The van der Waals surface area contributed by atoms with Crippen molar-refractivity contribution in [1.82, 2.24) is 10.2 Å². The van der Waals surface area contributed by atoms with Gasteiger partial charge in [-0.05, 0) is 35.1 Å². The van der Waals surface area contributed by atoms with Crippen molar-refractivity contribution in [1.29, 1.82) is 0 Å². The van der Waals surface area contributed by atoms with Gasteiger partial charge in [0.25, 0.3) is 15.9 Å². The van der Waals surface area contributed by atoms with Gasteiger partial charge in [0.05, 0.1) is 17.4 Å². The van der Waals surface area contributed by atoms with E-state index < -0.39 is 10.0 Å². The summed E-state index contributed by atoms with van der Waals surface area (Å²) in [4.78, 5) is 14.7.